The monoisotopic (exact) mass is 581 g/mol. The lowest BCUT2D eigenvalue weighted by Gasteiger charge is -2.34. The topological polar surface area (TPSA) is 124 Å². The predicted molar refractivity (Wildman–Crippen MR) is 154 cm³/mol. The van der Waals surface area contributed by atoms with Crippen molar-refractivity contribution < 1.29 is 17.9 Å². The summed E-state index contributed by atoms with van der Waals surface area (Å²) in [6.45, 7) is 9.34. The molecule has 4 heterocycles. The van der Waals surface area contributed by atoms with Gasteiger partial charge in [-0.3, -0.25) is 9.48 Å². The number of fused-ring (bicyclic) bond motifs is 2. The molecule has 3 fully saturated rings. The molecule has 220 valence electrons. The van der Waals surface area contributed by atoms with Crippen molar-refractivity contribution in [2.45, 2.75) is 70.2 Å². The van der Waals surface area contributed by atoms with Crippen LogP contribution < -0.4 is 14.4 Å². The van der Waals surface area contributed by atoms with Gasteiger partial charge in [-0.05, 0) is 82.3 Å². The zero-order valence-corrected chi connectivity index (χ0v) is 25.2. The van der Waals surface area contributed by atoms with Gasteiger partial charge in [0.15, 0.2) is 5.82 Å². The van der Waals surface area contributed by atoms with Crippen molar-refractivity contribution in [2.75, 3.05) is 18.1 Å². The van der Waals surface area contributed by atoms with E-state index < -0.39 is 15.9 Å². The van der Waals surface area contributed by atoms with Crippen molar-refractivity contribution in [1.29, 1.82) is 0 Å². The molecular weight excluding hydrogens is 542 g/mol. The fourth-order valence-corrected chi connectivity index (χ4v) is 8.45. The maximum atomic E-state index is 13.5. The molecular formula is C29H39N7O4S. The molecule has 2 bridgehead atoms. The lowest BCUT2D eigenvalue weighted by Crippen LogP contribution is -2.41. The first-order valence-corrected chi connectivity index (χ1v) is 15.9. The minimum Gasteiger partial charge on any atom is -0.476 e. The molecule has 11 nitrogen and oxygen atoms in total. The van der Waals surface area contributed by atoms with Gasteiger partial charge in [0.25, 0.3) is 15.9 Å². The second-order valence-electron chi connectivity index (χ2n) is 12.8. The molecule has 0 aromatic carbocycles. The number of hydrogen-bond acceptors (Lipinski definition) is 8. The third kappa shape index (κ3) is 5.33. The second kappa shape index (κ2) is 10.1. The van der Waals surface area contributed by atoms with Crippen LogP contribution in [0.4, 0.5) is 5.82 Å². The normalized spacial score (nSPS) is 25.1. The molecule has 2 aliphatic carbocycles. The number of pyridine rings is 1. The molecule has 6 rings (SSSR count). The Bertz CT molecular complexity index is 1580. The van der Waals surface area contributed by atoms with Crippen LogP contribution in [-0.2, 0) is 17.1 Å². The van der Waals surface area contributed by atoms with Crippen LogP contribution in [0.25, 0.3) is 5.82 Å². The number of carbonyl (C=O) groups is 1. The zero-order valence-electron chi connectivity index (χ0n) is 24.4. The number of hydrogen-bond donors (Lipinski definition) is 1. The third-order valence-corrected chi connectivity index (χ3v) is 10.5. The van der Waals surface area contributed by atoms with Crippen LogP contribution in [0.1, 0.15) is 68.9 Å². The third-order valence-electron chi connectivity index (χ3n) is 9.05. The number of amides is 1. The average molecular weight is 582 g/mol. The minimum absolute atomic E-state index is 0.0379. The van der Waals surface area contributed by atoms with Crippen LogP contribution in [0.5, 0.6) is 5.88 Å². The van der Waals surface area contributed by atoms with Gasteiger partial charge < -0.3 is 9.64 Å². The van der Waals surface area contributed by atoms with E-state index in [0.717, 1.165) is 18.3 Å². The number of rotatable bonds is 8. The lowest BCUT2D eigenvalue weighted by atomic mass is 9.90. The molecule has 3 aromatic heterocycles. The molecule has 2 saturated carbocycles. The van der Waals surface area contributed by atoms with Gasteiger partial charge in [0.2, 0.25) is 5.88 Å². The van der Waals surface area contributed by atoms with Gasteiger partial charge in [-0.25, -0.2) is 22.8 Å². The fourth-order valence-electron chi connectivity index (χ4n) is 7.27. The highest BCUT2D eigenvalue weighted by Gasteiger charge is 2.41. The second-order valence-corrected chi connectivity index (χ2v) is 14.5. The summed E-state index contributed by atoms with van der Waals surface area (Å²) in [6.07, 6.45) is 9.36. The van der Waals surface area contributed by atoms with Crippen molar-refractivity contribution >= 4 is 21.7 Å². The number of nitrogens with zero attached hydrogens (tertiary/aromatic N) is 6. The van der Waals surface area contributed by atoms with E-state index in [-0.39, 0.29) is 16.0 Å². The standard InChI is InChI=1S/C29H39N7O4S/c1-18-14-29(3,4)35(15-18)27-23(28(37)33-41(38,39)24-16-34(5)31-19(24)2)8-9-25(30-27)36-11-10-26(32-36)40-17-22-13-20-6-7-21(22)12-20/h8-11,16,18,20-22H,6-7,12-15,17H2,1-5H3,(H,33,37)/t18-,20-,21+,22?/m0/s1. The van der Waals surface area contributed by atoms with E-state index in [9.17, 15) is 13.2 Å². The maximum absolute atomic E-state index is 13.5. The molecule has 0 spiro atoms. The zero-order chi connectivity index (χ0) is 29.1. The van der Waals surface area contributed by atoms with Crippen LogP contribution >= 0.6 is 0 Å². The quantitative estimate of drug-likeness (QED) is 0.425. The summed E-state index contributed by atoms with van der Waals surface area (Å²) in [4.78, 5) is 20.4. The molecule has 1 N–H and O–H groups in total. The van der Waals surface area contributed by atoms with Crippen LogP contribution in [-0.4, -0.2) is 57.6 Å². The maximum Gasteiger partial charge on any atom is 0.268 e. The number of sulfonamides is 1. The van der Waals surface area contributed by atoms with E-state index in [1.54, 1.807) is 37.0 Å². The van der Waals surface area contributed by atoms with Gasteiger partial charge in [-0.1, -0.05) is 13.3 Å². The van der Waals surface area contributed by atoms with E-state index in [0.29, 0.717) is 48.2 Å². The van der Waals surface area contributed by atoms with Gasteiger partial charge in [-0.15, -0.1) is 5.10 Å². The van der Waals surface area contributed by atoms with E-state index in [1.165, 1.54) is 36.6 Å². The molecule has 1 amide bonds. The van der Waals surface area contributed by atoms with Gasteiger partial charge in [0.05, 0.1) is 17.9 Å². The lowest BCUT2D eigenvalue weighted by molar-refractivity contribution is 0.0981. The number of aromatic nitrogens is 5. The van der Waals surface area contributed by atoms with Crippen molar-refractivity contribution in [3.63, 3.8) is 0 Å². The van der Waals surface area contributed by atoms with Gasteiger partial charge in [0, 0.05) is 37.6 Å². The van der Waals surface area contributed by atoms with Gasteiger partial charge in [0.1, 0.15) is 10.7 Å². The Labute approximate surface area is 241 Å². The summed E-state index contributed by atoms with van der Waals surface area (Å²) < 4.78 is 37.6. The Hall–Kier alpha value is -3.41. The van der Waals surface area contributed by atoms with Crippen molar-refractivity contribution in [2.24, 2.45) is 30.7 Å². The number of carbonyl (C=O) groups excluding carboxylic acids is 1. The number of anilines is 1. The van der Waals surface area contributed by atoms with Gasteiger partial charge >= 0.3 is 0 Å². The molecule has 4 atom stereocenters. The first kappa shape index (κ1) is 27.7. The number of ether oxygens (including phenoxy) is 1. The number of nitrogens with one attached hydrogen (secondary N) is 1. The smallest absolute Gasteiger partial charge is 0.268 e. The van der Waals surface area contributed by atoms with Crippen LogP contribution in [0.2, 0.25) is 0 Å². The van der Waals surface area contributed by atoms with Crippen LogP contribution in [0, 0.1) is 30.6 Å². The summed E-state index contributed by atoms with van der Waals surface area (Å²) >= 11 is 0. The molecule has 3 aliphatic rings. The Kier molecular flexibility index (Phi) is 6.87. The molecule has 1 aliphatic heterocycles. The fraction of sp³-hybridized carbons (Fsp3) is 0.586. The Morgan fingerprint density at radius 3 is 2.61 bits per heavy atom. The van der Waals surface area contributed by atoms with E-state index in [4.69, 9.17) is 9.72 Å². The van der Waals surface area contributed by atoms with E-state index in [2.05, 4.69) is 40.6 Å². The Morgan fingerprint density at radius 1 is 1.17 bits per heavy atom. The summed E-state index contributed by atoms with van der Waals surface area (Å²) in [5, 5.41) is 8.72. The first-order valence-electron chi connectivity index (χ1n) is 14.4. The number of aryl methyl sites for hydroxylation is 2. The largest absolute Gasteiger partial charge is 0.476 e. The first-order chi connectivity index (χ1) is 19.4. The van der Waals surface area contributed by atoms with E-state index in [1.807, 2.05) is 6.07 Å². The highest BCUT2D eigenvalue weighted by atomic mass is 32.2. The average Bonchev–Trinajstić information content (AvgIpc) is 3.72. The van der Waals surface area contributed by atoms with Crippen LogP contribution in [0.3, 0.4) is 0 Å². The predicted octanol–water partition coefficient (Wildman–Crippen LogP) is 3.87. The van der Waals surface area contributed by atoms with Crippen molar-refractivity contribution in [3.05, 3.63) is 41.9 Å². The summed E-state index contributed by atoms with van der Waals surface area (Å²) in [5.41, 5.74) is 0.215. The summed E-state index contributed by atoms with van der Waals surface area (Å²) in [7, 11) is -2.50. The van der Waals surface area contributed by atoms with E-state index >= 15 is 0 Å². The molecule has 3 aromatic rings. The van der Waals surface area contributed by atoms with Crippen LogP contribution in [0.15, 0.2) is 35.5 Å². The summed E-state index contributed by atoms with van der Waals surface area (Å²) in [5.74, 6) is 3.38. The Balaban J connectivity index is 1.27. The highest BCUT2D eigenvalue weighted by molar-refractivity contribution is 7.90. The molecule has 1 saturated heterocycles. The van der Waals surface area contributed by atoms with Crippen molar-refractivity contribution in [3.8, 4) is 11.7 Å². The van der Waals surface area contributed by atoms with Gasteiger partial charge in [-0.2, -0.15) is 5.10 Å². The molecule has 41 heavy (non-hydrogen) atoms. The van der Waals surface area contributed by atoms with Crippen molar-refractivity contribution in [1.82, 2.24) is 29.3 Å². The Morgan fingerprint density at radius 2 is 1.98 bits per heavy atom. The molecule has 1 unspecified atom stereocenters. The SMILES string of the molecule is Cc1nn(C)cc1S(=O)(=O)NC(=O)c1ccc(-n2ccc(OCC3C[C@H]4CC[C@@H]3C4)n2)nc1N1C[C@@H](C)CC1(C)C. The summed E-state index contributed by atoms with van der Waals surface area (Å²) in [6, 6.07) is 5.13. The highest BCUT2D eigenvalue weighted by Crippen LogP contribution is 2.48. The molecule has 0 radical (unpaired) electrons. The minimum atomic E-state index is -4.14. The molecule has 12 heteroatoms.